The molecule has 2 amide bonds. The molecule has 2 heterocycles. The summed E-state index contributed by atoms with van der Waals surface area (Å²) < 4.78 is 1.81. The van der Waals surface area contributed by atoms with Crippen LogP contribution in [-0.4, -0.2) is 39.7 Å². The topological polar surface area (TPSA) is 88.9 Å². The fraction of sp³-hybridized carbons (Fsp3) is 0.167. The van der Waals surface area contributed by atoms with Gasteiger partial charge in [0.2, 0.25) is 5.91 Å². The summed E-state index contributed by atoms with van der Waals surface area (Å²) in [5, 5.41) is 10.7. The molecule has 156 valence electrons. The summed E-state index contributed by atoms with van der Waals surface area (Å²) in [5.41, 5.74) is 3.88. The highest BCUT2D eigenvalue weighted by atomic mass is 16.2. The van der Waals surface area contributed by atoms with Crippen LogP contribution in [0.5, 0.6) is 0 Å². The number of aromatic nitrogens is 3. The second-order valence-corrected chi connectivity index (χ2v) is 7.19. The van der Waals surface area contributed by atoms with Crippen molar-refractivity contribution in [1.29, 1.82) is 0 Å². The average molecular weight is 413 g/mol. The summed E-state index contributed by atoms with van der Waals surface area (Å²) in [6.45, 7) is 2.70. The van der Waals surface area contributed by atoms with Crippen molar-refractivity contribution in [2.45, 2.75) is 13.5 Å². The molecule has 0 unspecified atom stereocenters. The SMILES string of the molecule is CC(=O)NCCNC(=O)c1cc(-c2ccccc2)nc2c1cnn2Cc1ccccc1. The predicted molar refractivity (Wildman–Crippen MR) is 120 cm³/mol. The smallest absolute Gasteiger partial charge is 0.252 e. The lowest BCUT2D eigenvalue weighted by Crippen LogP contribution is -2.33. The van der Waals surface area contributed by atoms with Crippen LogP contribution in [0.4, 0.5) is 0 Å². The normalized spacial score (nSPS) is 10.7. The number of benzene rings is 2. The first-order valence-corrected chi connectivity index (χ1v) is 10.1. The van der Waals surface area contributed by atoms with Crippen LogP contribution in [0.2, 0.25) is 0 Å². The van der Waals surface area contributed by atoms with Crippen molar-refractivity contribution in [3.63, 3.8) is 0 Å². The highest BCUT2D eigenvalue weighted by Gasteiger charge is 2.17. The molecule has 0 saturated heterocycles. The van der Waals surface area contributed by atoms with Gasteiger partial charge in [-0.25, -0.2) is 9.67 Å². The molecule has 31 heavy (non-hydrogen) atoms. The number of nitrogens with zero attached hydrogens (tertiary/aromatic N) is 3. The molecule has 0 atom stereocenters. The molecule has 7 nitrogen and oxygen atoms in total. The molecule has 0 aliphatic rings. The Hall–Kier alpha value is -4.00. The molecule has 0 radical (unpaired) electrons. The number of hydrogen-bond acceptors (Lipinski definition) is 4. The Labute approximate surface area is 180 Å². The van der Waals surface area contributed by atoms with Crippen molar-refractivity contribution in [1.82, 2.24) is 25.4 Å². The lowest BCUT2D eigenvalue weighted by Gasteiger charge is -2.10. The van der Waals surface area contributed by atoms with Gasteiger partial charge in [0, 0.05) is 25.6 Å². The summed E-state index contributed by atoms with van der Waals surface area (Å²) >= 11 is 0. The molecule has 7 heteroatoms. The molecular weight excluding hydrogens is 390 g/mol. The molecule has 0 saturated carbocycles. The maximum atomic E-state index is 13.0. The third kappa shape index (κ3) is 4.78. The van der Waals surface area contributed by atoms with Crippen molar-refractivity contribution in [3.05, 3.63) is 84.1 Å². The molecule has 0 bridgehead atoms. The van der Waals surface area contributed by atoms with Crippen LogP contribution in [0.25, 0.3) is 22.3 Å². The molecule has 2 aromatic heterocycles. The van der Waals surface area contributed by atoms with Gasteiger partial charge in [-0.05, 0) is 11.6 Å². The van der Waals surface area contributed by atoms with Crippen LogP contribution in [0.1, 0.15) is 22.8 Å². The number of nitrogens with one attached hydrogen (secondary N) is 2. The zero-order valence-electron chi connectivity index (χ0n) is 17.2. The van der Waals surface area contributed by atoms with Gasteiger partial charge in [0.15, 0.2) is 5.65 Å². The van der Waals surface area contributed by atoms with E-state index in [1.807, 2.05) is 65.3 Å². The maximum Gasteiger partial charge on any atom is 0.252 e. The summed E-state index contributed by atoms with van der Waals surface area (Å²) in [6.07, 6.45) is 1.68. The molecule has 0 aliphatic carbocycles. The van der Waals surface area contributed by atoms with Crippen molar-refractivity contribution in [2.75, 3.05) is 13.1 Å². The first kappa shape index (κ1) is 20.3. The van der Waals surface area contributed by atoms with E-state index in [2.05, 4.69) is 15.7 Å². The quantitative estimate of drug-likeness (QED) is 0.456. The monoisotopic (exact) mass is 413 g/mol. The fourth-order valence-corrected chi connectivity index (χ4v) is 3.37. The van der Waals surface area contributed by atoms with Gasteiger partial charge >= 0.3 is 0 Å². The van der Waals surface area contributed by atoms with Crippen LogP contribution in [0.3, 0.4) is 0 Å². The van der Waals surface area contributed by atoms with E-state index in [0.29, 0.717) is 41.9 Å². The summed E-state index contributed by atoms with van der Waals surface area (Å²) in [7, 11) is 0. The van der Waals surface area contributed by atoms with Crippen molar-refractivity contribution in [3.8, 4) is 11.3 Å². The van der Waals surface area contributed by atoms with Gasteiger partial charge in [-0.2, -0.15) is 5.10 Å². The number of amides is 2. The van der Waals surface area contributed by atoms with Gasteiger partial charge in [-0.15, -0.1) is 0 Å². The van der Waals surface area contributed by atoms with E-state index in [4.69, 9.17) is 4.98 Å². The minimum atomic E-state index is -0.228. The molecular formula is C24H23N5O2. The van der Waals surface area contributed by atoms with Gasteiger partial charge in [-0.3, -0.25) is 9.59 Å². The second-order valence-electron chi connectivity index (χ2n) is 7.19. The number of rotatable bonds is 7. The van der Waals surface area contributed by atoms with E-state index in [9.17, 15) is 9.59 Å². The lowest BCUT2D eigenvalue weighted by molar-refractivity contribution is -0.118. The molecule has 2 aromatic carbocycles. The minimum Gasteiger partial charge on any atom is -0.355 e. The highest BCUT2D eigenvalue weighted by Crippen LogP contribution is 2.25. The van der Waals surface area contributed by atoms with E-state index in [0.717, 1.165) is 11.1 Å². The first-order valence-electron chi connectivity index (χ1n) is 10.1. The Morgan fingerprint density at radius 2 is 1.61 bits per heavy atom. The minimum absolute atomic E-state index is 0.130. The zero-order chi connectivity index (χ0) is 21.6. The Bertz CT molecular complexity index is 1200. The molecule has 0 fully saturated rings. The standard InChI is InChI=1S/C24H23N5O2/c1-17(30)25-12-13-26-24(31)20-14-22(19-10-6-3-7-11-19)28-23-21(20)15-27-29(23)16-18-8-4-2-5-9-18/h2-11,14-15H,12-13,16H2,1H3,(H,25,30)(H,26,31). The number of pyridine rings is 1. The summed E-state index contributed by atoms with van der Waals surface area (Å²) in [6, 6.07) is 21.5. The van der Waals surface area contributed by atoms with Gasteiger partial charge in [0.1, 0.15) is 0 Å². The molecule has 0 spiro atoms. The van der Waals surface area contributed by atoms with Crippen molar-refractivity contribution >= 4 is 22.8 Å². The van der Waals surface area contributed by atoms with Crippen molar-refractivity contribution < 1.29 is 9.59 Å². The molecule has 4 rings (SSSR count). The number of carbonyl (C=O) groups is 2. The van der Waals surface area contributed by atoms with Crippen LogP contribution in [0, 0.1) is 0 Å². The Morgan fingerprint density at radius 1 is 0.935 bits per heavy atom. The fourth-order valence-electron chi connectivity index (χ4n) is 3.37. The molecule has 2 N–H and O–H groups in total. The number of carbonyl (C=O) groups excluding carboxylic acids is 2. The predicted octanol–water partition coefficient (Wildman–Crippen LogP) is 3.01. The van der Waals surface area contributed by atoms with Crippen LogP contribution in [0.15, 0.2) is 72.9 Å². The van der Waals surface area contributed by atoms with Crippen LogP contribution in [-0.2, 0) is 11.3 Å². The van der Waals surface area contributed by atoms with E-state index in [-0.39, 0.29) is 11.8 Å². The summed E-state index contributed by atoms with van der Waals surface area (Å²) in [5.74, 6) is -0.358. The van der Waals surface area contributed by atoms with Crippen LogP contribution < -0.4 is 10.6 Å². The second kappa shape index (κ2) is 9.21. The zero-order valence-corrected chi connectivity index (χ0v) is 17.2. The van der Waals surface area contributed by atoms with Gasteiger partial charge in [-0.1, -0.05) is 60.7 Å². The van der Waals surface area contributed by atoms with E-state index in [1.54, 1.807) is 12.3 Å². The first-order chi connectivity index (χ1) is 15.1. The average Bonchev–Trinajstić information content (AvgIpc) is 3.19. The van der Waals surface area contributed by atoms with Gasteiger partial charge in [0.05, 0.1) is 29.4 Å². The third-order valence-corrected chi connectivity index (χ3v) is 4.88. The maximum absolute atomic E-state index is 13.0. The molecule has 4 aromatic rings. The largest absolute Gasteiger partial charge is 0.355 e. The van der Waals surface area contributed by atoms with Gasteiger partial charge in [0.25, 0.3) is 5.91 Å². The Kier molecular flexibility index (Phi) is 6.03. The Balaban J connectivity index is 1.71. The van der Waals surface area contributed by atoms with E-state index < -0.39 is 0 Å². The van der Waals surface area contributed by atoms with Crippen LogP contribution >= 0.6 is 0 Å². The summed E-state index contributed by atoms with van der Waals surface area (Å²) in [4.78, 5) is 28.8. The van der Waals surface area contributed by atoms with E-state index in [1.165, 1.54) is 6.92 Å². The number of hydrogen-bond donors (Lipinski definition) is 2. The van der Waals surface area contributed by atoms with E-state index >= 15 is 0 Å². The molecule has 0 aliphatic heterocycles. The van der Waals surface area contributed by atoms with Gasteiger partial charge < -0.3 is 10.6 Å². The van der Waals surface area contributed by atoms with Crippen molar-refractivity contribution in [2.24, 2.45) is 0 Å². The number of fused-ring (bicyclic) bond motifs is 1. The Morgan fingerprint density at radius 3 is 2.32 bits per heavy atom. The lowest BCUT2D eigenvalue weighted by atomic mass is 10.1. The highest BCUT2D eigenvalue weighted by molar-refractivity contribution is 6.06. The third-order valence-electron chi connectivity index (χ3n) is 4.88.